The number of hydrogen-bond donors (Lipinski definition) is 3. The average molecular weight is 302 g/mol. The fraction of sp³-hybridized carbons (Fsp3) is 0.300. The molecule has 0 aliphatic rings. The number of amides is 1. The van der Waals surface area contributed by atoms with Crippen LogP contribution in [0.15, 0.2) is 23.1 Å². The summed E-state index contributed by atoms with van der Waals surface area (Å²) in [6.07, 6.45) is 0. The molecule has 1 aromatic rings. The molecule has 9 nitrogen and oxygen atoms in total. The van der Waals surface area contributed by atoms with Crippen molar-refractivity contribution in [2.24, 2.45) is 0 Å². The van der Waals surface area contributed by atoms with E-state index in [0.717, 1.165) is 6.07 Å². The highest BCUT2D eigenvalue weighted by Gasteiger charge is 2.28. The molecular weight excluding hydrogens is 288 g/mol. The highest BCUT2D eigenvalue weighted by molar-refractivity contribution is 7.89. The maximum Gasteiger partial charge on any atom is 0.312 e. The van der Waals surface area contributed by atoms with E-state index in [1.807, 2.05) is 4.72 Å². The molecule has 20 heavy (non-hydrogen) atoms. The molecule has 110 valence electrons. The van der Waals surface area contributed by atoms with Gasteiger partial charge in [-0.05, 0) is 12.1 Å². The summed E-state index contributed by atoms with van der Waals surface area (Å²) in [6.45, 7) is -0.500. The third-order valence-electron chi connectivity index (χ3n) is 2.44. The Labute approximate surface area is 115 Å². The van der Waals surface area contributed by atoms with Crippen molar-refractivity contribution in [1.29, 1.82) is 0 Å². The molecule has 0 heterocycles. The molecular formula is C10H14N4O5S. The zero-order valence-electron chi connectivity index (χ0n) is 10.8. The second-order valence-electron chi connectivity index (χ2n) is 3.66. The largest absolute Gasteiger partial charge is 0.383 e. The summed E-state index contributed by atoms with van der Waals surface area (Å²) < 4.78 is 26.0. The monoisotopic (exact) mass is 302 g/mol. The molecule has 0 radical (unpaired) electrons. The van der Waals surface area contributed by atoms with Crippen molar-refractivity contribution >= 4 is 27.3 Å². The van der Waals surface area contributed by atoms with Crippen LogP contribution >= 0.6 is 0 Å². The zero-order valence-corrected chi connectivity index (χ0v) is 11.7. The molecule has 0 atom stereocenters. The molecule has 1 amide bonds. The number of sulfonamides is 1. The van der Waals surface area contributed by atoms with Gasteiger partial charge in [0.05, 0.1) is 11.5 Å². The van der Waals surface area contributed by atoms with E-state index in [2.05, 4.69) is 10.6 Å². The summed E-state index contributed by atoms with van der Waals surface area (Å²) in [4.78, 5) is 20.8. The first-order chi connectivity index (χ1) is 9.33. The maximum absolute atomic E-state index is 12.0. The Morgan fingerprint density at radius 2 is 2.00 bits per heavy atom. The quantitative estimate of drug-likeness (QED) is 0.487. The number of carbonyl (C=O) groups is 1. The van der Waals surface area contributed by atoms with Gasteiger partial charge in [0.2, 0.25) is 15.9 Å². The highest BCUT2D eigenvalue weighted by Crippen LogP contribution is 2.31. The van der Waals surface area contributed by atoms with Crippen molar-refractivity contribution in [1.82, 2.24) is 10.0 Å². The SMILES string of the molecule is CNC(=O)CNS(=O)(=O)c1cccc(NC)c1[N+](=O)[O-]. The van der Waals surface area contributed by atoms with Gasteiger partial charge in [0, 0.05) is 14.1 Å². The molecule has 0 spiro atoms. The highest BCUT2D eigenvalue weighted by atomic mass is 32.2. The summed E-state index contributed by atoms with van der Waals surface area (Å²) in [5.41, 5.74) is -0.503. The van der Waals surface area contributed by atoms with Gasteiger partial charge < -0.3 is 10.6 Å². The van der Waals surface area contributed by atoms with E-state index in [-0.39, 0.29) is 5.69 Å². The number of carbonyl (C=O) groups excluding carboxylic acids is 1. The Morgan fingerprint density at radius 3 is 2.50 bits per heavy atom. The van der Waals surface area contributed by atoms with Gasteiger partial charge in [-0.2, -0.15) is 0 Å². The average Bonchev–Trinajstić information content (AvgIpc) is 2.43. The van der Waals surface area contributed by atoms with E-state index >= 15 is 0 Å². The lowest BCUT2D eigenvalue weighted by molar-refractivity contribution is -0.386. The van der Waals surface area contributed by atoms with Crippen LogP contribution in [-0.4, -0.2) is 39.9 Å². The Balaban J connectivity index is 3.24. The zero-order chi connectivity index (χ0) is 15.3. The van der Waals surface area contributed by atoms with Crippen LogP contribution in [0.4, 0.5) is 11.4 Å². The van der Waals surface area contributed by atoms with Gasteiger partial charge in [0.25, 0.3) is 0 Å². The molecule has 0 saturated carbocycles. The van der Waals surface area contributed by atoms with Crippen LogP contribution in [0.2, 0.25) is 0 Å². The van der Waals surface area contributed by atoms with Crippen LogP contribution < -0.4 is 15.4 Å². The number of nitro groups is 1. The van der Waals surface area contributed by atoms with Crippen molar-refractivity contribution < 1.29 is 18.1 Å². The number of nitro benzene ring substituents is 1. The molecule has 1 rings (SSSR count). The molecule has 1 aromatic carbocycles. The third-order valence-corrected chi connectivity index (χ3v) is 3.87. The van der Waals surface area contributed by atoms with Crippen molar-refractivity contribution in [2.75, 3.05) is 26.0 Å². The molecule has 10 heteroatoms. The molecule has 0 unspecified atom stereocenters. The smallest absolute Gasteiger partial charge is 0.312 e. The van der Waals surface area contributed by atoms with Crippen LogP contribution in [0.5, 0.6) is 0 Å². The van der Waals surface area contributed by atoms with Gasteiger partial charge in [-0.15, -0.1) is 0 Å². The summed E-state index contributed by atoms with van der Waals surface area (Å²) in [5.74, 6) is -0.555. The fourth-order valence-electron chi connectivity index (χ4n) is 1.46. The Hall–Kier alpha value is -2.20. The Kier molecular flexibility index (Phi) is 5.00. The molecule has 0 aliphatic heterocycles. The van der Waals surface area contributed by atoms with Gasteiger partial charge in [-0.25, -0.2) is 13.1 Å². The minimum absolute atomic E-state index is 0.0674. The molecule has 0 bridgehead atoms. The molecule has 3 N–H and O–H groups in total. The molecule has 0 aliphatic carbocycles. The number of hydrogen-bond acceptors (Lipinski definition) is 6. The van der Waals surface area contributed by atoms with Crippen molar-refractivity contribution in [3.8, 4) is 0 Å². The van der Waals surface area contributed by atoms with Crippen molar-refractivity contribution in [3.05, 3.63) is 28.3 Å². The first kappa shape index (κ1) is 15.9. The minimum atomic E-state index is -4.17. The number of rotatable bonds is 6. The second-order valence-corrected chi connectivity index (χ2v) is 5.39. The van der Waals surface area contributed by atoms with Gasteiger partial charge in [-0.3, -0.25) is 14.9 Å². The lowest BCUT2D eigenvalue weighted by Crippen LogP contribution is -2.35. The number of nitrogens with one attached hydrogen (secondary N) is 3. The predicted octanol–water partition coefficient (Wildman–Crippen LogP) is -0.339. The lowest BCUT2D eigenvalue weighted by Gasteiger charge is -2.09. The van der Waals surface area contributed by atoms with Crippen LogP contribution in [0.3, 0.4) is 0 Å². The molecule has 0 saturated heterocycles. The Morgan fingerprint density at radius 1 is 1.35 bits per heavy atom. The third kappa shape index (κ3) is 3.42. The first-order valence-corrected chi connectivity index (χ1v) is 6.97. The van der Waals surface area contributed by atoms with Gasteiger partial charge in [-0.1, -0.05) is 6.07 Å². The number of benzene rings is 1. The predicted molar refractivity (Wildman–Crippen MR) is 71.9 cm³/mol. The van der Waals surface area contributed by atoms with Crippen molar-refractivity contribution in [2.45, 2.75) is 4.90 Å². The fourth-order valence-corrected chi connectivity index (χ4v) is 2.63. The Bertz CT molecular complexity index is 629. The summed E-state index contributed by atoms with van der Waals surface area (Å²) in [5, 5.41) is 15.8. The van der Waals surface area contributed by atoms with E-state index in [1.165, 1.54) is 26.2 Å². The van der Waals surface area contributed by atoms with E-state index in [0.29, 0.717) is 0 Å². The maximum atomic E-state index is 12.0. The molecule has 0 aromatic heterocycles. The van der Waals surface area contributed by atoms with Gasteiger partial charge in [0.15, 0.2) is 4.90 Å². The number of para-hydroxylation sites is 1. The summed E-state index contributed by atoms with van der Waals surface area (Å²) in [7, 11) is -1.38. The first-order valence-electron chi connectivity index (χ1n) is 5.49. The summed E-state index contributed by atoms with van der Waals surface area (Å²) in [6, 6.07) is 3.86. The van der Waals surface area contributed by atoms with Crippen LogP contribution in [-0.2, 0) is 14.8 Å². The normalized spacial score (nSPS) is 10.9. The van der Waals surface area contributed by atoms with Gasteiger partial charge >= 0.3 is 5.69 Å². The van der Waals surface area contributed by atoms with E-state index in [1.54, 1.807) is 0 Å². The van der Waals surface area contributed by atoms with Crippen LogP contribution in [0.1, 0.15) is 0 Å². The molecule has 0 fully saturated rings. The lowest BCUT2D eigenvalue weighted by atomic mass is 10.3. The summed E-state index contributed by atoms with van der Waals surface area (Å²) >= 11 is 0. The number of nitrogens with zero attached hydrogens (tertiary/aromatic N) is 1. The van der Waals surface area contributed by atoms with Crippen LogP contribution in [0.25, 0.3) is 0 Å². The number of likely N-dealkylation sites (N-methyl/N-ethyl adjacent to an activating group) is 1. The van der Waals surface area contributed by atoms with Gasteiger partial charge in [0.1, 0.15) is 5.69 Å². The topological polar surface area (TPSA) is 130 Å². The van der Waals surface area contributed by atoms with E-state index in [9.17, 15) is 23.3 Å². The van der Waals surface area contributed by atoms with Crippen molar-refractivity contribution in [3.63, 3.8) is 0 Å². The van der Waals surface area contributed by atoms with Crippen LogP contribution in [0, 0.1) is 10.1 Å². The second kappa shape index (κ2) is 6.30. The number of anilines is 1. The van der Waals surface area contributed by atoms with E-state index < -0.39 is 38.0 Å². The van der Waals surface area contributed by atoms with E-state index in [4.69, 9.17) is 0 Å². The minimum Gasteiger partial charge on any atom is -0.383 e. The standard InChI is InChI=1S/C10H14N4O5S/c1-11-7-4-3-5-8(10(7)14(16)17)20(18,19)13-6-9(15)12-2/h3-5,11,13H,6H2,1-2H3,(H,12,15).